The van der Waals surface area contributed by atoms with Crippen LogP contribution < -0.4 is 0 Å². The van der Waals surface area contributed by atoms with Crippen LogP contribution in [-0.2, 0) is 11.2 Å². The summed E-state index contributed by atoms with van der Waals surface area (Å²) in [4.78, 5) is 15.7. The molecule has 0 radical (unpaired) electrons. The summed E-state index contributed by atoms with van der Waals surface area (Å²) in [6, 6.07) is 5.78. The van der Waals surface area contributed by atoms with Gasteiger partial charge in [-0.2, -0.15) is 4.98 Å². The first-order valence-corrected chi connectivity index (χ1v) is 7.89. The van der Waals surface area contributed by atoms with Crippen LogP contribution in [0, 0.1) is 0 Å². The van der Waals surface area contributed by atoms with Crippen LogP contribution in [0.1, 0.15) is 54.5 Å². The Morgan fingerprint density at radius 2 is 2.13 bits per heavy atom. The molecule has 23 heavy (non-hydrogen) atoms. The van der Waals surface area contributed by atoms with Crippen molar-refractivity contribution in [1.82, 2.24) is 10.1 Å². The van der Waals surface area contributed by atoms with Crippen molar-refractivity contribution in [2.45, 2.75) is 50.4 Å². The third-order valence-electron chi connectivity index (χ3n) is 4.66. The van der Waals surface area contributed by atoms with Gasteiger partial charge in [-0.1, -0.05) is 17.3 Å². The van der Waals surface area contributed by atoms with E-state index in [0.29, 0.717) is 17.6 Å². The van der Waals surface area contributed by atoms with Gasteiger partial charge in [-0.3, -0.25) is 4.79 Å². The summed E-state index contributed by atoms with van der Waals surface area (Å²) in [7, 11) is 0. The van der Waals surface area contributed by atoms with Crippen molar-refractivity contribution in [3.63, 3.8) is 0 Å². The third kappa shape index (κ3) is 2.78. The van der Waals surface area contributed by atoms with Crippen LogP contribution >= 0.6 is 0 Å². The number of hydrogen-bond donors (Lipinski definition) is 0. The molecule has 0 spiro atoms. The van der Waals surface area contributed by atoms with Crippen molar-refractivity contribution in [2.75, 3.05) is 0 Å². The predicted molar refractivity (Wildman–Crippen MR) is 78.4 cm³/mol. The molecule has 1 heterocycles. The van der Waals surface area contributed by atoms with Gasteiger partial charge in [0.05, 0.1) is 0 Å². The van der Waals surface area contributed by atoms with Gasteiger partial charge in [0, 0.05) is 17.9 Å². The Balaban J connectivity index is 1.55. The van der Waals surface area contributed by atoms with Gasteiger partial charge >= 0.3 is 0 Å². The Morgan fingerprint density at radius 1 is 1.30 bits per heavy atom. The minimum atomic E-state index is -2.88. The van der Waals surface area contributed by atoms with Crippen molar-refractivity contribution in [3.05, 3.63) is 35.2 Å². The number of halogens is 2. The lowest BCUT2D eigenvalue weighted by Gasteiger charge is -2.10. The first-order chi connectivity index (χ1) is 11.1. The number of fused-ring (bicyclic) bond motifs is 1. The van der Waals surface area contributed by atoms with Crippen molar-refractivity contribution in [1.29, 1.82) is 0 Å². The van der Waals surface area contributed by atoms with Gasteiger partial charge in [-0.05, 0) is 48.8 Å². The Labute approximate surface area is 131 Å². The maximum atomic E-state index is 12.4. The quantitative estimate of drug-likeness (QED) is 0.840. The van der Waals surface area contributed by atoms with Crippen LogP contribution in [0.25, 0.3) is 11.4 Å². The lowest BCUT2D eigenvalue weighted by Crippen LogP contribution is -2.13. The Kier molecular flexibility index (Phi) is 3.47. The zero-order chi connectivity index (χ0) is 16.0. The molecule has 0 aliphatic heterocycles. The second-order valence-electron chi connectivity index (χ2n) is 6.35. The Morgan fingerprint density at radius 3 is 2.87 bits per heavy atom. The van der Waals surface area contributed by atoms with E-state index >= 15 is 0 Å². The van der Waals surface area contributed by atoms with E-state index in [9.17, 15) is 13.6 Å². The fourth-order valence-electron chi connectivity index (χ4n) is 3.24. The lowest BCUT2D eigenvalue weighted by molar-refractivity contribution is -0.129. The fourth-order valence-corrected chi connectivity index (χ4v) is 3.24. The predicted octanol–water partition coefficient (Wildman–Crippen LogP) is 3.87. The molecule has 4 nitrogen and oxygen atoms in total. The van der Waals surface area contributed by atoms with Gasteiger partial charge in [-0.15, -0.1) is 0 Å². The van der Waals surface area contributed by atoms with E-state index < -0.39 is 12.2 Å². The Hall–Kier alpha value is -2.11. The van der Waals surface area contributed by atoms with Crippen molar-refractivity contribution in [2.24, 2.45) is 0 Å². The van der Waals surface area contributed by atoms with Crippen molar-refractivity contribution >= 4 is 5.78 Å². The van der Waals surface area contributed by atoms with Crippen molar-refractivity contribution < 1.29 is 18.1 Å². The van der Waals surface area contributed by atoms with Crippen LogP contribution in [0.5, 0.6) is 0 Å². The molecule has 2 aliphatic rings. The smallest absolute Gasteiger partial charge is 0.296 e. The number of rotatable bonds is 5. The lowest BCUT2D eigenvalue weighted by atomic mass is 9.95. The second-order valence-corrected chi connectivity index (χ2v) is 6.35. The minimum absolute atomic E-state index is 0.0853. The number of carbonyl (C=O) groups excluding carboxylic acids is 1. The monoisotopic (exact) mass is 318 g/mol. The fraction of sp³-hybridized carbons (Fsp3) is 0.471. The zero-order valence-corrected chi connectivity index (χ0v) is 12.5. The number of hydrogen-bond acceptors (Lipinski definition) is 4. The highest BCUT2D eigenvalue weighted by Crippen LogP contribution is 2.40. The van der Waals surface area contributed by atoms with Crippen LogP contribution in [0.4, 0.5) is 8.78 Å². The number of aryl methyl sites for hydroxylation is 1. The highest BCUT2D eigenvalue weighted by Gasteiger charge is 2.31. The highest BCUT2D eigenvalue weighted by molar-refractivity contribution is 5.82. The molecule has 0 unspecified atom stereocenters. The molecule has 4 rings (SSSR count). The van der Waals surface area contributed by atoms with Crippen LogP contribution in [-0.4, -0.2) is 22.3 Å². The third-order valence-corrected chi connectivity index (χ3v) is 4.66. The summed E-state index contributed by atoms with van der Waals surface area (Å²) in [5, 5.41) is 4.02. The van der Waals surface area contributed by atoms with E-state index in [2.05, 4.69) is 10.1 Å². The first kappa shape index (κ1) is 14.5. The highest BCUT2D eigenvalue weighted by atomic mass is 19.3. The molecule has 0 bridgehead atoms. The molecule has 2 aromatic rings. The van der Waals surface area contributed by atoms with Crippen LogP contribution in [0.3, 0.4) is 0 Å². The van der Waals surface area contributed by atoms with E-state index in [1.54, 1.807) is 0 Å². The molecular formula is C17H16F2N2O2. The van der Waals surface area contributed by atoms with Gasteiger partial charge in [-0.25, -0.2) is 8.78 Å². The Bertz CT molecular complexity index is 753. The summed E-state index contributed by atoms with van der Waals surface area (Å²) < 4.78 is 30.2. The topological polar surface area (TPSA) is 56.0 Å². The molecule has 6 heteroatoms. The normalized spacial score (nSPS) is 20.0. The molecule has 0 saturated heterocycles. The van der Waals surface area contributed by atoms with E-state index in [1.807, 2.05) is 18.2 Å². The largest absolute Gasteiger partial charge is 0.339 e. The summed E-state index contributed by atoms with van der Waals surface area (Å²) >= 11 is 0. The van der Waals surface area contributed by atoms with Gasteiger partial charge in [0.25, 0.3) is 6.43 Å². The number of aromatic nitrogens is 2. The van der Waals surface area contributed by atoms with Crippen molar-refractivity contribution in [3.8, 4) is 11.4 Å². The number of ketones is 1. The summed E-state index contributed by atoms with van der Waals surface area (Å²) in [5.74, 6) is 0.602. The number of benzene rings is 1. The summed E-state index contributed by atoms with van der Waals surface area (Å²) in [6.45, 7) is 0. The van der Waals surface area contributed by atoms with Crippen LogP contribution in [0.15, 0.2) is 22.7 Å². The molecule has 1 saturated carbocycles. The molecule has 1 aromatic carbocycles. The molecule has 1 aromatic heterocycles. The maximum Gasteiger partial charge on any atom is 0.296 e. The van der Waals surface area contributed by atoms with Gasteiger partial charge in [0.2, 0.25) is 11.7 Å². The molecule has 1 atom stereocenters. The molecule has 120 valence electrons. The van der Waals surface area contributed by atoms with E-state index in [0.717, 1.165) is 42.4 Å². The zero-order valence-electron chi connectivity index (χ0n) is 12.5. The van der Waals surface area contributed by atoms with Crippen LogP contribution in [0.2, 0.25) is 0 Å². The summed E-state index contributed by atoms with van der Waals surface area (Å²) in [6.07, 6.45) is 0.766. The number of alkyl halides is 2. The number of nitrogens with zero attached hydrogens (tertiary/aromatic N) is 2. The van der Waals surface area contributed by atoms with Gasteiger partial charge in [0.15, 0.2) is 5.78 Å². The van der Waals surface area contributed by atoms with E-state index in [4.69, 9.17) is 4.52 Å². The number of Topliss-reactive ketones (excluding diaryl/α,β-unsaturated/α-hetero) is 1. The molecular weight excluding hydrogens is 302 g/mol. The number of carbonyl (C=O) groups is 1. The average Bonchev–Trinajstić information content (AvgIpc) is 3.14. The van der Waals surface area contributed by atoms with E-state index in [-0.39, 0.29) is 12.3 Å². The standard InChI is InChI=1S/C17H16F2N2O2/c18-15(19)14(22)8-11-4-3-10-7-12(5-6-13(10)11)16-20-17(23-21-16)9-1-2-9/h5-7,9,11,15H,1-4,8H2/t11-/m0/s1. The second kappa shape index (κ2) is 5.51. The van der Waals surface area contributed by atoms with Gasteiger partial charge in [0.1, 0.15) is 0 Å². The maximum absolute atomic E-state index is 12.4. The van der Waals surface area contributed by atoms with Gasteiger partial charge < -0.3 is 4.52 Å². The SMILES string of the molecule is O=C(C[C@@H]1CCc2cc(-c3noc(C4CC4)n3)ccc21)C(F)F. The minimum Gasteiger partial charge on any atom is -0.339 e. The molecule has 0 amide bonds. The molecule has 1 fully saturated rings. The molecule has 2 aliphatic carbocycles. The molecule has 0 N–H and O–H groups in total. The van der Waals surface area contributed by atoms with E-state index in [1.165, 1.54) is 0 Å². The first-order valence-electron chi connectivity index (χ1n) is 7.89. The summed E-state index contributed by atoms with van der Waals surface area (Å²) in [5.41, 5.74) is 2.96. The average molecular weight is 318 g/mol.